The van der Waals surface area contributed by atoms with Gasteiger partial charge in [0, 0.05) is 10.6 Å². The summed E-state index contributed by atoms with van der Waals surface area (Å²) in [5.74, 6) is -0.225. The number of rotatable bonds is 6. The first kappa shape index (κ1) is 16.7. The Kier molecular flexibility index (Phi) is 5.64. The molecule has 2 atom stereocenters. The summed E-state index contributed by atoms with van der Waals surface area (Å²) >= 11 is 6.37. The SMILES string of the molecule is CCNC(c1cc(F)ccc1Cl)C(C)(CC)N1CCCC1. The van der Waals surface area contributed by atoms with Crippen molar-refractivity contribution in [3.05, 3.63) is 34.6 Å². The molecule has 1 saturated heterocycles. The van der Waals surface area contributed by atoms with E-state index in [1.807, 2.05) is 0 Å². The molecule has 2 unspecified atom stereocenters. The van der Waals surface area contributed by atoms with Crippen molar-refractivity contribution in [1.82, 2.24) is 10.2 Å². The fourth-order valence-electron chi connectivity index (χ4n) is 3.44. The van der Waals surface area contributed by atoms with E-state index in [0.717, 1.165) is 31.6 Å². The topological polar surface area (TPSA) is 15.3 Å². The van der Waals surface area contributed by atoms with E-state index in [0.29, 0.717) is 5.02 Å². The molecule has 1 heterocycles. The minimum atomic E-state index is -0.225. The largest absolute Gasteiger partial charge is 0.309 e. The lowest BCUT2D eigenvalue weighted by Gasteiger charge is -2.45. The van der Waals surface area contributed by atoms with Gasteiger partial charge in [0.1, 0.15) is 5.82 Å². The summed E-state index contributed by atoms with van der Waals surface area (Å²) in [4.78, 5) is 2.53. The maximum atomic E-state index is 13.7. The number of nitrogens with one attached hydrogen (secondary N) is 1. The first-order valence-electron chi connectivity index (χ1n) is 7.96. The summed E-state index contributed by atoms with van der Waals surface area (Å²) in [5, 5.41) is 4.18. The lowest BCUT2D eigenvalue weighted by molar-refractivity contribution is 0.0845. The highest BCUT2D eigenvalue weighted by atomic mass is 35.5. The molecule has 1 aromatic carbocycles. The minimum Gasteiger partial charge on any atom is -0.309 e. The van der Waals surface area contributed by atoms with Gasteiger partial charge >= 0.3 is 0 Å². The number of benzene rings is 1. The van der Waals surface area contributed by atoms with Gasteiger partial charge in [0.2, 0.25) is 0 Å². The van der Waals surface area contributed by atoms with E-state index in [9.17, 15) is 4.39 Å². The summed E-state index contributed by atoms with van der Waals surface area (Å²) in [5.41, 5.74) is 0.819. The highest BCUT2D eigenvalue weighted by Gasteiger charge is 2.40. The molecule has 0 radical (unpaired) electrons. The van der Waals surface area contributed by atoms with Gasteiger partial charge in [-0.2, -0.15) is 0 Å². The van der Waals surface area contributed by atoms with Crippen LogP contribution < -0.4 is 5.32 Å². The Balaban J connectivity index is 2.42. The Labute approximate surface area is 132 Å². The number of likely N-dealkylation sites (N-methyl/N-ethyl adjacent to an activating group) is 1. The summed E-state index contributed by atoms with van der Waals surface area (Å²) in [6.07, 6.45) is 3.48. The molecule has 1 aliphatic heterocycles. The maximum absolute atomic E-state index is 13.7. The molecular weight excluding hydrogens is 287 g/mol. The van der Waals surface area contributed by atoms with Crippen LogP contribution >= 0.6 is 11.6 Å². The highest BCUT2D eigenvalue weighted by Crippen LogP contribution is 2.39. The van der Waals surface area contributed by atoms with Crippen molar-refractivity contribution < 1.29 is 4.39 Å². The van der Waals surface area contributed by atoms with Gasteiger partial charge in [-0.3, -0.25) is 4.90 Å². The maximum Gasteiger partial charge on any atom is 0.123 e. The first-order valence-corrected chi connectivity index (χ1v) is 8.34. The lowest BCUT2D eigenvalue weighted by atomic mass is 9.83. The monoisotopic (exact) mass is 312 g/mol. The van der Waals surface area contributed by atoms with Crippen LogP contribution in [-0.2, 0) is 0 Å². The molecule has 118 valence electrons. The van der Waals surface area contributed by atoms with E-state index >= 15 is 0 Å². The predicted molar refractivity (Wildman–Crippen MR) is 87.3 cm³/mol. The van der Waals surface area contributed by atoms with E-state index in [2.05, 4.69) is 31.0 Å². The average Bonchev–Trinajstić information content (AvgIpc) is 3.01. The Morgan fingerprint density at radius 3 is 2.57 bits per heavy atom. The zero-order chi connectivity index (χ0) is 15.5. The number of hydrogen-bond acceptors (Lipinski definition) is 2. The van der Waals surface area contributed by atoms with Crippen molar-refractivity contribution >= 4 is 11.6 Å². The van der Waals surface area contributed by atoms with Gasteiger partial charge in [-0.25, -0.2) is 4.39 Å². The van der Waals surface area contributed by atoms with E-state index < -0.39 is 0 Å². The number of halogens is 2. The van der Waals surface area contributed by atoms with Gasteiger partial charge in [0.05, 0.1) is 6.04 Å². The van der Waals surface area contributed by atoms with Gasteiger partial charge in [0.25, 0.3) is 0 Å². The van der Waals surface area contributed by atoms with Crippen LogP contribution in [0.3, 0.4) is 0 Å². The summed E-state index contributed by atoms with van der Waals surface area (Å²) in [6, 6.07) is 4.71. The second-order valence-electron chi connectivity index (χ2n) is 6.06. The quantitative estimate of drug-likeness (QED) is 0.838. The third-order valence-corrected chi connectivity index (χ3v) is 5.19. The zero-order valence-electron chi connectivity index (χ0n) is 13.3. The third kappa shape index (κ3) is 3.41. The number of nitrogens with zero attached hydrogens (tertiary/aromatic N) is 1. The third-order valence-electron chi connectivity index (χ3n) is 4.84. The van der Waals surface area contributed by atoms with Crippen molar-refractivity contribution in [2.24, 2.45) is 0 Å². The van der Waals surface area contributed by atoms with Crippen molar-refractivity contribution in [2.45, 2.75) is 51.6 Å². The smallest absolute Gasteiger partial charge is 0.123 e. The Hall–Kier alpha value is -0.640. The van der Waals surface area contributed by atoms with Crippen molar-refractivity contribution in [3.8, 4) is 0 Å². The second-order valence-corrected chi connectivity index (χ2v) is 6.47. The van der Waals surface area contributed by atoms with Crippen LogP contribution in [0.1, 0.15) is 51.6 Å². The highest BCUT2D eigenvalue weighted by molar-refractivity contribution is 6.31. The normalized spacial score (nSPS) is 20.4. The first-order chi connectivity index (χ1) is 10.0. The Morgan fingerprint density at radius 1 is 1.33 bits per heavy atom. The van der Waals surface area contributed by atoms with Crippen LogP contribution in [-0.4, -0.2) is 30.1 Å². The van der Waals surface area contributed by atoms with Crippen molar-refractivity contribution in [1.29, 1.82) is 0 Å². The second kappa shape index (κ2) is 7.08. The summed E-state index contributed by atoms with van der Waals surface area (Å²) in [6.45, 7) is 9.61. The van der Waals surface area contributed by atoms with Gasteiger partial charge in [0.15, 0.2) is 0 Å². The predicted octanol–water partition coefficient (Wildman–Crippen LogP) is 4.39. The van der Waals surface area contributed by atoms with E-state index in [4.69, 9.17) is 11.6 Å². The minimum absolute atomic E-state index is 0.0359. The van der Waals surface area contributed by atoms with Crippen LogP contribution in [0.5, 0.6) is 0 Å². The molecule has 4 heteroatoms. The van der Waals surface area contributed by atoms with E-state index in [1.54, 1.807) is 12.1 Å². The molecular formula is C17H26ClFN2. The summed E-state index contributed by atoms with van der Waals surface area (Å²) in [7, 11) is 0. The van der Waals surface area contributed by atoms with Gasteiger partial charge in [-0.1, -0.05) is 25.4 Å². The molecule has 2 rings (SSSR count). The van der Waals surface area contributed by atoms with Crippen molar-refractivity contribution in [3.63, 3.8) is 0 Å². The molecule has 1 aliphatic rings. The van der Waals surface area contributed by atoms with Crippen LogP contribution in [0.15, 0.2) is 18.2 Å². The molecule has 0 spiro atoms. The molecule has 2 nitrogen and oxygen atoms in total. The van der Waals surface area contributed by atoms with Gasteiger partial charge in [-0.05, 0) is 69.6 Å². The molecule has 1 aromatic rings. The van der Waals surface area contributed by atoms with Crippen LogP contribution in [0.25, 0.3) is 0 Å². The number of likely N-dealkylation sites (tertiary alicyclic amines) is 1. The molecule has 0 amide bonds. The summed E-state index contributed by atoms with van der Waals surface area (Å²) < 4.78 is 13.7. The molecule has 0 saturated carbocycles. The molecule has 0 aromatic heterocycles. The van der Waals surface area contributed by atoms with Gasteiger partial charge < -0.3 is 5.32 Å². The Bertz CT molecular complexity index is 474. The standard InChI is InChI=1S/C17H26ClFN2/c1-4-17(3,21-10-6-7-11-21)16(20-5-2)14-12-13(19)8-9-15(14)18/h8-9,12,16,20H,4-7,10-11H2,1-3H3. The fraction of sp³-hybridized carbons (Fsp3) is 0.647. The van der Waals surface area contributed by atoms with Gasteiger partial charge in [-0.15, -0.1) is 0 Å². The van der Waals surface area contributed by atoms with Crippen LogP contribution in [0.4, 0.5) is 4.39 Å². The average molecular weight is 313 g/mol. The van der Waals surface area contributed by atoms with Crippen LogP contribution in [0, 0.1) is 5.82 Å². The molecule has 21 heavy (non-hydrogen) atoms. The molecule has 0 bridgehead atoms. The Morgan fingerprint density at radius 2 is 2.00 bits per heavy atom. The van der Waals surface area contributed by atoms with E-state index in [1.165, 1.54) is 18.9 Å². The molecule has 1 N–H and O–H groups in total. The lowest BCUT2D eigenvalue weighted by Crippen LogP contribution is -2.53. The fourth-order valence-corrected chi connectivity index (χ4v) is 3.67. The molecule has 1 fully saturated rings. The van der Waals surface area contributed by atoms with Crippen LogP contribution in [0.2, 0.25) is 5.02 Å². The zero-order valence-corrected chi connectivity index (χ0v) is 14.0. The van der Waals surface area contributed by atoms with E-state index in [-0.39, 0.29) is 17.4 Å². The molecule has 0 aliphatic carbocycles. The number of hydrogen-bond donors (Lipinski definition) is 1. The van der Waals surface area contributed by atoms with Crippen molar-refractivity contribution in [2.75, 3.05) is 19.6 Å².